The van der Waals surface area contributed by atoms with Crippen LogP contribution in [0.1, 0.15) is 50.4 Å². The van der Waals surface area contributed by atoms with Crippen LogP contribution in [0.25, 0.3) is 0 Å². The lowest BCUT2D eigenvalue weighted by Crippen LogP contribution is -2.45. The number of alkyl halides is 3. The number of rotatable bonds is 4. The first-order chi connectivity index (χ1) is 11.1. The summed E-state index contributed by atoms with van der Waals surface area (Å²) in [5.74, 6) is -0.0252. The number of likely N-dealkylation sites (N-methyl/N-ethyl adjacent to an activating group) is 1. The van der Waals surface area contributed by atoms with Crippen LogP contribution in [-0.2, 0) is 10.9 Å². The van der Waals surface area contributed by atoms with Crippen molar-refractivity contribution in [1.82, 2.24) is 9.88 Å². The molecule has 0 amide bonds. The highest BCUT2D eigenvalue weighted by Gasteiger charge is 2.38. The lowest BCUT2D eigenvalue weighted by molar-refractivity contribution is -0.141. The molecule has 7 heteroatoms. The zero-order valence-corrected chi connectivity index (χ0v) is 15.2. The highest BCUT2D eigenvalue weighted by molar-refractivity contribution is 6.31. The molecule has 1 heterocycles. The van der Waals surface area contributed by atoms with Crippen molar-refractivity contribution in [3.63, 3.8) is 0 Å². The highest BCUT2D eigenvalue weighted by atomic mass is 35.5. The Labute approximate surface area is 146 Å². The van der Waals surface area contributed by atoms with Crippen LogP contribution in [0.3, 0.4) is 0 Å². The van der Waals surface area contributed by atoms with Crippen molar-refractivity contribution < 1.29 is 17.9 Å². The smallest absolute Gasteiger partial charge is 0.374 e. The quantitative estimate of drug-likeness (QED) is 0.771. The molecule has 0 bridgehead atoms. The largest absolute Gasteiger partial charge is 0.434 e. The lowest BCUT2D eigenvalue weighted by Gasteiger charge is -2.40. The molecule has 0 N–H and O–H groups in total. The molecule has 0 radical (unpaired) electrons. The van der Waals surface area contributed by atoms with E-state index in [1.54, 1.807) is 6.07 Å². The Morgan fingerprint density at radius 1 is 1.25 bits per heavy atom. The third-order valence-corrected chi connectivity index (χ3v) is 4.72. The van der Waals surface area contributed by atoms with Gasteiger partial charge in [0, 0.05) is 17.7 Å². The first-order valence-corrected chi connectivity index (χ1v) is 8.53. The molecule has 0 saturated heterocycles. The van der Waals surface area contributed by atoms with Crippen molar-refractivity contribution in [1.29, 1.82) is 0 Å². The molecule has 1 aromatic rings. The van der Waals surface area contributed by atoms with Gasteiger partial charge in [-0.15, -0.1) is 0 Å². The van der Waals surface area contributed by atoms with E-state index in [2.05, 4.69) is 9.88 Å². The molecule has 1 aliphatic carbocycles. The number of halogens is 4. The summed E-state index contributed by atoms with van der Waals surface area (Å²) in [5.41, 5.74) is -0.537. The molecule has 2 rings (SSSR count). The van der Waals surface area contributed by atoms with Crippen molar-refractivity contribution in [3.05, 3.63) is 28.5 Å². The summed E-state index contributed by atoms with van der Waals surface area (Å²) in [4.78, 5) is 5.91. The average molecular weight is 365 g/mol. The fourth-order valence-corrected chi connectivity index (χ4v) is 3.54. The number of hydrogen-bond donors (Lipinski definition) is 0. The Morgan fingerprint density at radius 2 is 1.92 bits per heavy atom. The van der Waals surface area contributed by atoms with Crippen molar-refractivity contribution in [3.8, 4) is 0 Å². The monoisotopic (exact) mass is 364 g/mol. The lowest BCUT2D eigenvalue weighted by atomic mass is 9.81. The summed E-state index contributed by atoms with van der Waals surface area (Å²) in [6.45, 7) is 3.99. The van der Waals surface area contributed by atoms with Crippen molar-refractivity contribution in [2.75, 3.05) is 14.1 Å². The van der Waals surface area contributed by atoms with Gasteiger partial charge in [0.1, 0.15) is 0 Å². The van der Waals surface area contributed by atoms with Crippen LogP contribution in [0, 0.1) is 0 Å². The fraction of sp³-hybridized carbons (Fsp3) is 0.706. The zero-order valence-electron chi connectivity index (χ0n) is 14.4. The molecular formula is C17H24ClF3N2O. The molecule has 3 atom stereocenters. The van der Waals surface area contributed by atoms with Gasteiger partial charge in [-0.3, -0.25) is 0 Å². The van der Waals surface area contributed by atoms with Gasteiger partial charge in [0.15, 0.2) is 5.69 Å². The maximum Gasteiger partial charge on any atom is 0.434 e. The van der Waals surface area contributed by atoms with Crippen molar-refractivity contribution in [2.24, 2.45) is 0 Å². The third-order valence-electron chi connectivity index (χ3n) is 4.42. The summed E-state index contributed by atoms with van der Waals surface area (Å²) in [5, 5.41) is -0.354. The van der Waals surface area contributed by atoms with Gasteiger partial charge >= 0.3 is 6.18 Å². The maximum absolute atomic E-state index is 13.0. The van der Waals surface area contributed by atoms with Crippen LogP contribution in [0.5, 0.6) is 0 Å². The number of nitrogens with zero attached hydrogens (tertiary/aromatic N) is 2. The van der Waals surface area contributed by atoms with Gasteiger partial charge in [-0.1, -0.05) is 11.6 Å². The second-order valence-electron chi connectivity index (χ2n) is 6.83. The van der Waals surface area contributed by atoms with E-state index in [4.69, 9.17) is 16.3 Å². The predicted octanol–water partition coefficient (Wildman–Crippen LogP) is 4.75. The zero-order chi connectivity index (χ0) is 18.1. The van der Waals surface area contributed by atoms with Crippen LogP contribution in [0.2, 0.25) is 5.02 Å². The first kappa shape index (κ1) is 19.5. The van der Waals surface area contributed by atoms with E-state index in [0.29, 0.717) is 5.69 Å². The van der Waals surface area contributed by atoms with E-state index in [1.165, 1.54) is 6.07 Å². The summed E-state index contributed by atoms with van der Waals surface area (Å²) in [6, 6.07) is 3.06. The molecule has 1 saturated carbocycles. The van der Waals surface area contributed by atoms with Gasteiger partial charge in [-0.25, -0.2) is 4.98 Å². The Hall–Kier alpha value is -0.850. The second-order valence-corrected chi connectivity index (χ2v) is 7.24. The van der Waals surface area contributed by atoms with Gasteiger partial charge in [0.25, 0.3) is 0 Å². The Morgan fingerprint density at radius 3 is 2.46 bits per heavy atom. The van der Waals surface area contributed by atoms with E-state index in [-0.39, 0.29) is 29.2 Å². The molecule has 0 aromatic carbocycles. The molecule has 1 fully saturated rings. The number of hydrogen-bond acceptors (Lipinski definition) is 3. The second kappa shape index (κ2) is 7.58. The van der Waals surface area contributed by atoms with Crippen LogP contribution >= 0.6 is 11.6 Å². The number of aromatic nitrogens is 1. The molecule has 24 heavy (non-hydrogen) atoms. The van der Waals surface area contributed by atoms with E-state index in [9.17, 15) is 13.2 Å². The summed E-state index contributed by atoms with van der Waals surface area (Å²) in [6.07, 6.45) is -2.04. The van der Waals surface area contributed by atoms with E-state index in [0.717, 1.165) is 19.3 Å². The molecule has 0 unspecified atom stereocenters. The Kier molecular flexibility index (Phi) is 6.15. The third kappa shape index (κ3) is 4.61. The number of ether oxygens (including phenoxy) is 1. The Balaban J connectivity index is 2.22. The minimum Gasteiger partial charge on any atom is -0.374 e. The summed E-state index contributed by atoms with van der Waals surface area (Å²) >= 11 is 5.67. The van der Waals surface area contributed by atoms with Gasteiger partial charge < -0.3 is 9.64 Å². The standard InChI is InChI=1S/C17H24ClF3N2O/c1-10(2)24-15-8-5-11(9-14(15)23(3)4)13-7-6-12(18)16(22-13)17(19,20)21/h6-7,10-11,14-15H,5,8-9H2,1-4H3/t11-,14-,15-/m0/s1. The van der Waals surface area contributed by atoms with Crippen LogP contribution in [0.4, 0.5) is 13.2 Å². The average Bonchev–Trinajstić information content (AvgIpc) is 2.46. The molecule has 0 aliphatic heterocycles. The van der Waals surface area contributed by atoms with E-state index in [1.807, 2.05) is 27.9 Å². The molecule has 3 nitrogen and oxygen atoms in total. The van der Waals surface area contributed by atoms with Gasteiger partial charge in [0.2, 0.25) is 0 Å². The van der Waals surface area contributed by atoms with Crippen molar-refractivity contribution >= 4 is 11.6 Å². The molecule has 1 aliphatic rings. The van der Waals surface area contributed by atoms with Crippen molar-refractivity contribution in [2.45, 2.75) is 63.5 Å². The van der Waals surface area contributed by atoms with Crippen LogP contribution < -0.4 is 0 Å². The fourth-order valence-electron chi connectivity index (χ4n) is 3.32. The van der Waals surface area contributed by atoms with Gasteiger partial charge in [0.05, 0.1) is 17.2 Å². The van der Waals surface area contributed by atoms with Gasteiger partial charge in [-0.2, -0.15) is 13.2 Å². The SMILES string of the molecule is CC(C)O[C@H]1CC[C@H](c2ccc(Cl)c(C(F)(F)F)n2)C[C@@H]1N(C)C. The number of pyridine rings is 1. The predicted molar refractivity (Wildman–Crippen MR) is 88.3 cm³/mol. The first-order valence-electron chi connectivity index (χ1n) is 8.15. The van der Waals surface area contributed by atoms with E-state index >= 15 is 0 Å². The Bertz CT molecular complexity index is 563. The minimum atomic E-state index is -4.54. The normalized spacial score (nSPS) is 25.5. The van der Waals surface area contributed by atoms with E-state index < -0.39 is 11.9 Å². The maximum atomic E-state index is 13.0. The molecule has 136 valence electrons. The topological polar surface area (TPSA) is 25.4 Å². The molecule has 1 aromatic heterocycles. The minimum absolute atomic E-state index is 0.0252. The summed E-state index contributed by atoms with van der Waals surface area (Å²) < 4.78 is 45.1. The molecular weight excluding hydrogens is 341 g/mol. The highest BCUT2D eigenvalue weighted by Crippen LogP contribution is 2.39. The molecule has 0 spiro atoms. The van der Waals surface area contributed by atoms with Crippen LogP contribution in [-0.4, -0.2) is 42.2 Å². The van der Waals surface area contributed by atoms with Crippen LogP contribution in [0.15, 0.2) is 12.1 Å². The van der Waals surface area contributed by atoms with Gasteiger partial charge in [-0.05, 0) is 59.3 Å². The summed E-state index contributed by atoms with van der Waals surface area (Å²) in [7, 11) is 3.94.